The van der Waals surface area contributed by atoms with E-state index in [0.29, 0.717) is 30.4 Å². The Labute approximate surface area is 168 Å². The Balaban J connectivity index is 1.95. The molecule has 2 N–H and O–H groups in total. The van der Waals surface area contributed by atoms with Crippen molar-refractivity contribution in [2.75, 3.05) is 14.1 Å². The van der Waals surface area contributed by atoms with Crippen molar-refractivity contribution in [3.05, 3.63) is 41.5 Å². The van der Waals surface area contributed by atoms with Crippen LogP contribution in [0.4, 0.5) is 0 Å². The molecular formula is C20H24NO6P. The number of methoxy groups -OCH3 is 2. The second-order valence-corrected chi connectivity index (χ2v) is 9.21. The molecule has 0 aliphatic heterocycles. The lowest BCUT2D eigenvalue weighted by atomic mass is 9.44. The molecule has 150 valence electrons. The van der Waals surface area contributed by atoms with E-state index in [1.165, 1.54) is 12.1 Å². The van der Waals surface area contributed by atoms with Gasteiger partial charge in [0, 0.05) is 20.1 Å². The van der Waals surface area contributed by atoms with Crippen LogP contribution in [-0.4, -0.2) is 35.1 Å². The quantitative estimate of drug-likeness (QED) is 0.568. The minimum absolute atomic E-state index is 0.0334. The van der Waals surface area contributed by atoms with Crippen LogP contribution in [0.15, 0.2) is 30.4 Å². The molecule has 28 heavy (non-hydrogen) atoms. The lowest BCUT2D eigenvalue weighted by molar-refractivity contribution is -0.208. The van der Waals surface area contributed by atoms with E-state index >= 15 is 0 Å². The predicted octanol–water partition coefficient (Wildman–Crippen LogP) is 3.27. The van der Waals surface area contributed by atoms with Gasteiger partial charge in [-0.15, -0.1) is 0 Å². The monoisotopic (exact) mass is 408 g/mol. The summed E-state index contributed by atoms with van der Waals surface area (Å²) >= 11 is 0. The number of ether oxygens (including phenoxy) is 2. The summed E-state index contributed by atoms with van der Waals surface area (Å²) < 4.78 is 51.5. The first-order valence-corrected chi connectivity index (χ1v) is 10.6. The summed E-state index contributed by atoms with van der Waals surface area (Å²) in [7, 11) is -6.07. The van der Waals surface area contributed by atoms with Crippen LogP contribution in [0, 0.1) is 23.2 Å². The molecule has 0 aromatic heterocycles. The Morgan fingerprint density at radius 3 is 2.79 bits per heavy atom. The maximum absolute atomic E-state index is 11.4. The summed E-state index contributed by atoms with van der Waals surface area (Å²) in [5, 5.41) is 9.89. The Morgan fingerprint density at radius 1 is 1.36 bits per heavy atom. The zero-order valence-electron chi connectivity index (χ0n) is 18.4. The normalized spacial score (nSPS) is 38.4. The van der Waals surface area contributed by atoms with Gasteiger partial charge < -0.3 is 14.0 Å². The van der Waals surface area contributed by atoms with Crippen molar-refractivity contribution >= 4 is 7.82 Å². The lowest BCUT2D eigenvalue weighted by Crippen LogP contribution is -2.66. The maximum Gasteiger partial charge on any atom is 0.524 e. The van der Waals surface area contributed by atoms with Gasteiger partial charge in [-0.2, -0.15) is 5.26 Å². The van der Waals surface area contributed by atoms with Gasteiger partial charge in [-0.3, -0.25) is 9.79 Å². The lowest BCUT2D eigenvalue weighted by Gasteiger charge is -2.66. The van der Waals surface area contributed by atoms with Gasteiger partial charge in [0.15, 0.2) is 0 Å². The highest BCUT2D eigenvalue weighted by Gasteiger charge is 2.67. The second kappa shape index (κ2) is 6.41. The van der Waals surface area contributed by atoms with E-state index in [-0.39, 0.29) is 23.1 Å². The van der Waals surface area contributed by atoms with E-state index < -0.39 is 32.0 Å². The minimum Gasteiger partial charge on any atom is -0.403 e. The zero-order chi connectivity index (χ0) is 22.8. The molecule has 1 aromatic carbocycles. The van der Waals surface area contributed by atoms with Crippen LogP contribution >= 0.6 is 7.82 Å². The van der Waals surface area contributed by atoms with Gasteiger partial charge in [0.25, 0.3) is 0 Å². The highest BCUT2D eigenvalue weighted by molar-refractivity contribution is 7.46. The molecule has 1 aromatic rings. The molecule has 3 unspecified atom stereocenters. The average molecular weight is 408 g/mol. The van der Waals surface area contributed by atoms with Gasteiger partial charge in [0.05, 0.1) is 20.9 Å². The number of phosphoric acid groups is 1. The first-order chi connectivity index (χ1) is 14.3. The molecular weight excluding hydrogens is 381 g/mol. The van der Waals surface area contributed by atoms with Gasteiger partial charge in [-0.25, -0.2) is 4.57 Å². The first-order valence-electron chi connectivity index (χ1n) is 10.6. The molecule has 0 radical (unpaired) electrons. The van der Waals surface area contributed by atoms with Crippen LogP contribution in [0.3, 0.4) is 0 Å². The van der Waals surface area contributed by atoms with E-state index in [9.17, 15) is 19.6 Å². The summed E-state index contributed by atoms with van der Waals surface area (Å²) in [5.41, 5.74) is -1.13. The first kappa shape index (κ1) is 16.2. The van der Waals surface area contributed by atoms with Gasteiger partial charge in [-0.05, 0) is 54.7 Å². The number of nitrogens with zero attached hydrogens (tertiary/aromatic N) is 1. The molecule has 4 aliphatic rings. The third-order valence-electron chi connectivity index (χ3n) is 6.75. The molecule has 0 amide bonds. The zero-order valence-corrected chi connectivity index (χ0v) is 16.3. The summed E-state index contributed by atoms with van der Waals surface area (Å²) in [6.07, 6.45) is 2.57. The second-order valence-electron chi connectivity index (χ2n) is 8.04. The summed E-state index contributed by atoms with van der Waals surface area (Å²) in [6.45, 7) is 4.22. The van der Waals surface area contributed by atoms with E-state index in [0.717, 1.165) is 6.42 Å². The number of nitriles is 1. The summed E-state index contributed by atoms with van der Waals surface area (Å²) in [6, 6.07) is 6.43. The number of hydrogen-bond donors (Lipinski definition) is 2. The Hall–Kier alpha value is -1.68. The highest BCUT2D eigenvalue weighted by atomic mass is 31.2. The SMILES string of the molecule is [2H]C([2H])([2H])OC12CC3C[C@@H](C[C@](OC)(C3)C1c1cccc(OP(=O)(O)O)c1C#N)C2=C. The minimum atomic E-state index is -4.92. The Kier molecular flexibility index (Phi) is 3.70. The van der Waals surface area contributed by atoms with Crippen LogP contribution in [-0.2, 0) is 14.0 Å². The van der Waals surface area contributed by atoms with Crippen LogP contribution in [0.5, 0.6) is 5.75 Å². The molecule has 4 fully saturated rings. The number of rotatable bonds is 5. The van der Waals surface area contributed by atoms with Gasteiger partial charge in [0.1, 0.15) is 11.8 Å². The van der Waals surface area contributed by atoms with Crippen molar-refractivity contribution in [2.24, 2.45) is 11.8 Å². The largest absolute Gasteiger partial charge is 0.524 e. The van der Waals surface area contributed by atoms with Gasteiger partial charge in [0.2, 0.25) is 0 Å². The topological polar surface area (TPSA) is 109 Å². The van der Waals surface area contributed by atoms with Crippen molar-refractivity contribution in [1.82, 2.24) is 0 Å². The third kappa shape index (κ3) is 2.67. The summed E-state index contributed by atoms with van der Waals surface area (Å²) in [4.78, 5) is 18.6. The van der Waals surface area contributed by atoms with Crippen molar-refractivity contribution in [3.63, 3.8) is 0 Å². The molecule has 0 heterocycles. The molecule has 5 atom stereocenters. The highest BCUT2D eigenvalue weighted by Crippen LogP contribution is 2.68. The fourth-order valence-corrected chi connectivity index (χ4v) is 6.35. The van der Waals surface area contributed by atoms with Crippen molar-refractivity contribution in [3.8, 4) is 11.8 Å². The Morgan fingerprint density at radius 2 is 2.14 bits per heavy atom. The number of benzene rings is 1. The predicted molar refractivity (Wildman–Crippen MR) is 101 cm³/mol. The van der Waals surface area contributed by atoms with Crippen LogP contribution in [0.1, 0.15) is 46.8 Å². The van der Waals surface area contributed by atoms with Gasteiger partial charge >= 0.3 is 7.82 Å². The number of hydrogen-bond acceptors (Lipinski definition) is 5. The Bertz CT molecular complexity index is 1020. The number of phosphoric ester groups is 1. The van der Waals surface area contributed by atoms with E-state index in [4.69, 9.17) is 18.1 Å². The molecule has 4 bridgehead atoms. The van der Waals surface area contributed by atoms with Crippen molar-refractivity contribution in [2.45, 2.75) is 42.8 Å². The van der Waals surface area contributed by atoms with Crippen molar-refractivity contribution in [1.29, 1.82) is 5.26 Å². The maximum atomic E-state index is 11.4. The molecule has 8 heteroatoms. The summed E-state index contributed by atoms with van der Waals surface area (Å²) in [5.74, 6) is -0.766. The van der Waals surface area contributed by atoms with E-state index in [1.807, 2.05) is 6.07 Å². The van der Waals surface area contributed by atoms with E-state index in [1.54, 1.807) is 13.2 Å². The molecule has 7 nitrogen and oxygen atoms in total. The molecule has 4 aliphatic carbocycles. The van der Waals surface area contributed by atoms with Crippen LogP contribution in [0.25, 0.3) is 0 Å². The van der Waals surface area contributed by atoms with Crippen LogP contribution in [0.2, 0.25) is 0 Å². The van der Waals surface area contributed by atoms with Gasteiger partial charge in [-0.1, -0.05) is 18.7 Å². The smallest absolute Gasteiger partial charge is 0.403 e. The van der Waals surface area contributed by atoms with Crippen molar-refractivity contribution < 1.29 is 32.5 Å². The van der Waals surface area contributed by atoms with E-state index in [2.05, 4.69) is 6.58 Å². The third-order valence-corrected chi connectivity index (χ3v) is 7.19. The fraction of sp³-hybridized carbons (Fsp3) is 0.550. The molecule has 5 rings (SSSR count). The van der Waals surface area contributed by atoms with Crippen LogP contribution < -0.4 is 4.52 Å². The molecule has 0 saturated heterocycles. The fourth-order valence-electron chi connectivity index (χ4n) is 5.95. The standard InChI is InChI=1S/C20H24NO6P/c1-12-14-7-13-8-19(10-14,25-2)18(20(12,9-13)26-3)15-5-4-6-17(16(15)11-21)27-28(22,23)24/h4-6,13-14,18H,1,7-10H2,2-3H3,(H2,22,23,24)/t13?,14-,18?,19+,20?/m0/s1/i3D3. The average Bonchev–Trinajstić information content (AvgIpc) is 2.63. The molecule has 0 spiro atoms. The molecule has 4 saturated carbocycles.